The first-order valence-corrected chi connectivity index (χ1v) is 9.01. The molecule has 6 heteroatoms. The van der Waals surface area contributed by atoms with Gasteiger partial charge in [-0.2, -0.15) is 5.10 Å². The molecule has 1 amide bonds. The molecule has 1 aromatic heterocycles. The van der Waals surface area contributed by atoms with Crippen molar-refractivity contribution in [2.45, 2.75) is 45.7 Å². The van der Waals surface area contributed by atoms with E-state index in [4.69, 9.17) is 4.74 Å². The van der Waals surface area contributed by atoms with Gasteiger partial charge in [0.05, 0.1) is 12.3 Å². The summed E-state index contributed by atoms with van der Waals surface area (Å²) in [6.45, 7) is 8.32. The highest BCUT2D eigenvalue weighted by Gasteiger charge is 2.44. The van der Waals surface area contributed by atoms with E-state index >= 15 is 0 Å². The van der Waals surface area contributed by atoms with Crippen LogP contribution in [-0.4, -0.2) is 71.9 Å². The van der Waals surface area contributed by atoms with Gasteiger partial charge in [-0.1, -0.05) is 0 Å². The average molecular weight is 334 g/mol. The topological polar surface area (TPSA) is 50.6 Å². The van der Waals surface area contributed by atoms with Crippen LogP contribution < -0.4 is 0 Å². The van der Waals surface area contributed by atoms with E-state index in [0.717, 1.165) is 57.0 Å². The zero-order chi connectivity index (χ0) is 17.3. The van der Waals surface area contributed by atoms with Crippen molar-refractivity contribution in [2.24, 2.45) is 5.41 Å². The summed E-state index contributed by atoms with van der Waals surface area (Å²) in [5, 5.41) is 4.40. The number of likely N-dealkylation sites (N-methyl/N-ethyl adjacent to an activating group) is 1. The van der Waals surface area contributed by atoms with Crippen LogP contribution in [-0.2, 0) is 11.3 Å². The van der Waals surface area contributed by atoms with E-state index in [1.807, 2.05) is 29.5 Å². The number of carbonyl (C=O) groups excluding carboxylic acids is 1. The first kappa shape index (κ1) is 17.4. The molecule has 3 heterocycles. The SMILES string of the molecule is CCn1nc(C)cc1C(=O)N1CCC2(CC1)C[C@H](COC)N(C)C2. The second kappa shape index (κ2) is 6.84. The molecule has 3 rings (SSSR count). The van der Waals surface area contributed by atoms with Gasteiger partial charge in [0.2, 0.25) is 0 Å². The number of rotatable bonds is 4. The van der Waals surface area contributed by atoms with Crippen LogP contribution in [0.25, 0.3) is 0 Å². The van der Waals surface area contributed by atoms with Crippen molar-refractivity contribution >= 4 is 5.91 Å². The van der Waals surface area contributed by atoms with Crippen LogP contribution in [0.2, 0.25) is 0 Å². The molecule has 0 aromatic carbocycles. The van der Waals surface area contributed by atoms with Gasteiger partial charge < -0.3 is 14.5 Å². The smallest absolute Gasteiger partial charge is 0.272 e. The monoisotopic (exact) mass is 334 g/mol. The Morgan fingerprint density at radius 3 is 2.75 bits per heavy atom. The van der Waals surface area contributed by atoms with E-state index < -0.39 is 0 Å². The highest BCUT2D eigenvalue weighted by atomic mass is 16.5. The number of piperidine rings is 1. The predicted octanol–water partition coefficient (Wildman–Crippen LogP) is 1.78. The van der Waals surface area contributed by atoms with Crippen molar-refractivity contribution in [1.29, 1.82) is 0 Å². The van der Waals surface area contributed by atoms with Crippen LogP contribution in [0, 0.1) is 12.3 Å². The van der Waals surface area contributed by atoms with Crippen LogP contribution in [0.4, 0.5) is 0 Å². The molecule has 0 N–H and O–H groups in total. The summed E-state index contributed by atoms with van der Waals surface area (Å²) in [5.41, 5.74) is 2.00. The van der Waals surface area contributed by atoms with Crippen LogP contribution in [0.3, 0.4) is 0 Å². The van der Waals surface area contributed by atoms with Gasteiger partial charge in [0.1, 0.15) is 5.69 Å². The largest absolute Gasteiger partial charge is 0.383 e. The van der Waals surface area contributed by atoms with E-state index in [9.17, 15) is 4.79 Å². The maximum atomic E-state index is 12.9. The standard InChI is InChI=1S/C18H30N4O2/c1-5-22-16(10-14(2)19-22)17(23)21-8-6-18(7-9-21)11-15(12-24-4)20(3)13-18/h10,15H,5-9,11-13H2,1-4H3/t15-/m1/s1. The van der Waals surface area contributed by atoms with Crippen molar-refractivity contribution < 1.29 is 9.53 Å². The minimum absolute atomic E-state index is 0.132. The molecule has 1 spiro atoms. The fourth-order valence-electron chi connectivity index (χ4n) is 4.42. The van der Waals surface area contributed by atoms with Crippen LogP contribution in [0.1, 0.15) is 42.4 Å². The van der Waals surface area contributed by atoms with Crippen molar-refractivity contribution in [1.82, 2.24) is 19.6 Å². The lowest BCUT2D eigenvalue weighted by atomic mass is 9.76. The maximum absolute atomic E-state index is 12.9. The fourth-order valence-corrected chi connectivity index (χ4v) is 4.42. The molecule has 0 saturated carbocycles. The normalized spacial score (nSPS) is 24.0. The van der Waals surface area contributed by atoms with E-state index in [1.54, 1.807) is 7.11 Å². The van der Waals surface area contributed by atoms with E-state index in [0.29, 0.717) is 11.5 Å². The molecule has 2 aliphatic heterocycles. The number of hydrogen-bond donors (Lipinski definition) is 0. The first-order valence-electron chi connectivity index (χ1n) is 9.01. The third-order valence-electron chi connectivity index (χ3n) is 5.77. The second-order valence-corrected chi connectivity index (χ2v) is 7.51. The molecule has 2 aliphatic rings. The minimum atomic E-state index is 0.132. The Hall–Kier alpha value is -1.40. The highest BCUT2D eigenvalue weighted by Crippen LogP contribution is 2.43. The Kier molecular flexibility index (Phi) is 4.97. The van der Waals surface area contributed by atoms with Crippen molar-refractivity contribution in [3.63, 3.8) is 0 Å². The van der Waals surface area contributed by atoms with Crippen molar-refractivity contribution in [3.8, 4) is 0 Å². The van der Waals surface area contributed by atoms with Crippen LogP contribution in [0.5, 0.6) is 0 Å². The summed E-state index contributed by atoms with van der Waals surface area (Å²) in [6, 6.07) is 2.43. The number of aryl methyl sites for hydroxylation is 2. The number of nitrogens with zero attached hydrogens (tertiary/aromatic N) is 4. The molecule has 24 heavy (non-hydrogen) atoms. The lowest BCUT2D eigenvalue weighted by molar-refractivity contribution is 0.0580. The van der Waals surface area contributed by atoms with Crippen molar-refractivity contribution in [3.05, 3.63) is 17.5 Å². The zero-order valence-electron chi connectivity index (χ0n) is 15.4. The third kappa shape index (κ3) is 3.22. The van der Waals surface area contributed by atoms with Gasteiger partial charge in [-0.15, -0.1) is 0 Å². The Bertz CT molecular complexity index is 590. The molecule has 1 aromatic rings. The lowest BCUT2D eigenvalue weighted by Crippen LogP contribution is -2.44. The summed E-state index contributed by atoms with van der Waals surface area (Å²) in [4.78, 5) is 17.3. The van der Waals surface area contributed by atoms with Gasteiger partial charge in [-0.3, -0.25) is 9.48 Å². The van der Waals surface area contributed by atoms with Crippen LogP contribution in [0.15, 0.2) is 6.07 Å². The molecule has 1 atom stereocenters. The average Bonchev–Trinajstić information content (AvgIpc) is 3.08. The van der Waals surface area contributed by atoms with Gasteiger partial charge >= 0.3 is 0 Å². The Balaban J connectivity index is 1.64. The number of aromatic nitrogens is 2. The molecule has 2 saturated heterocycles. The Labute approximate surface area is 144 Å². The molecular formula is C18H30N4O2. The summed E-state index contributed by atoms with van der Waals surface area (Å²) in [5.74, 6) is 0.132. The summed E-state index contributed by atoms with van der Waals surface area (Å²) in [6.07, 6.45) is 3.36. The van der Waals surface area contributed by atoms with Gasteiger partial charge in [0, 0.05) is 39.3 Å². The summed E-state index contributed by atoms with van der Waals surface area (Å²) >= 11 is 0. The lowest BCUT2D eigenvalue weighted by Gasteiger charge is -2.39. The van der Waals surface area contributed by atoms with Gasteiger partial charge in [-0.05, 0) is 51.6 Å². The summed E-state index contributed by atoms with van der Waals surface area (Å²) in [7, 11) is 3.97. The first-order chi connectivity index (χ1) is 11.5. The number of ether oxygens (including phenoxy) is 1. The molecule has 0 bridgehead atoms. The van der Waals surface area contributed by atoms with Crippen molar-refractivity contribution in [2.75, 3.05) is 40.4 Å². The zero-order valence-corrected chi connectivity index (χ0v) is 15.4. The molecule has 134 valence electrons. The predicted molar refractivity (Wildman–Crippen MR) is 93.1 cm³/mol. The highest BCUT2D eigenvalue weighted by molar-refractivity contribution is 5.92. The van der Waals surface area contributed by atoms with Gasteiger partial charge in [0.15, 0.2) is 0 Å². The van der Waals surface area contributed by atoms with E-state index in [2.05, 4.69) is 17.0 Å². The van der Waals surface area contributed by atoms with Crippen LogP contribution >= 0.6 is 0 Å². The third-order valence-corrected chi connectivity index (χ3v) is 5.77. The minimum Gasteiger partial charge on any atom is -0.383 e. The number of likely N-dealkylation sites (tertiary alicyclic amines) is 2. The number of methoxy groups -OCH3 is 1. The molecule has 2 fully saturated rings. The second-order valence-electron chi connectivity index (χ2n) is 7.51. The quantitative estimate of drug-likeness (QED) is 0.842. The van der Waals surface area contributed by atoms with E-state index in [-0.39, 0.29) is 5.91 Å². The van der Waals surface area contributed by atoms with E-state index in [1.165, 1.54) is 6.42 Å². The molecule has 0 radical (unpaired) electrons. The number of carbonyl (C=O) groups is 1. The molecule has 0 aliphatic carbocycles. The fraction of sp³-hybridized carbons (Fsp3) is 0.778. The van der Waals surface area contributed by atoms with Gasteiger partial charge in [-0.25, -0.2) is 0 Å². The number of hydrogen-bond acceptors (Lipinski definition) is 4. The molecular weight excluding hydrogens is 304 g/mol. The Morgan fingerprint density at radius 2 is 2.12 bits per heavy atom. The molecule has 6 nitrogen and oxygen atoms in total. The number of amides is 1. The molecule has 0 unspecified atom stereocenters. The maximum Gasteiger partial charge on any atom is 0.272 e. The summed E-state index contributed by atoms with van der Waals surface area (Å²) < 4.78 is 7.18. The van der Waals surface area contributed by atoms with Gasteiger partial charge in [0.25, 0.3) is 5.91 Å². The Morgan fingerprint density at radius 1 is 1.42 bits per heavy atom.